The predicted molar refractivity (Wildman–Crippen MR) is 124 cm³/mol. The van der Waals surface area contributed by atoms with E-state index < -0.39 is 0 Å². The third-order valence-corrected chi connectivity index (χ3v) is 6.24. The van der Waals surface area contributed by atoms with Gasteiger partial charge in [-0.2, -0.15) is 0 Å². The van der Waals surface area contributed by atoms with Crippen molar-refractivity contribution < 1.29 is 8.83 Å². The molecule has 2 nitrogen and oxygen atoms in total. The Hall–Kier alpha value is -2.79. The van der Waals surface area contributed by atoms with Crippen LogP contribution in [0, 0.1) is 10.5 Å². The summed E-state index contributed by atoms with van der Waals surface area (Å²) >= 11 is 2.40. The van der Waals surface area contributed by atoms with Crippen LogP contribution in [0.4, 0.5) is 0 Å². The number of aryl methyl sites for hydroxylation is 1. The van der Waals surface area contributed by atoms with Crippen molar-refractivity contribution in [2.45, 2.75) is 6.92 Å². The van der Waals surface area contributed by atoms with Gasteiger partial charge in [-0.3, -0.25) is 0 Å². The average molecular weight is 474 g/mol. The first-order valence-electron chi connectivity index (χ1n) is 9.21. The van der Waals surface area contributed by atoms with Crippen LogP contribution in [0.3, 0.4) is 0 Å². The molecule has 6 aromatic rings. The minimum absolute atomic E-state index is 0.915. The molecule has 134 valence electrons. The molecule has 3 heteroatoms. The number of rotatable bonds is 1. The van der Waals surface area contributed by atoms with Crippen molar-refractivity contribution in [2.24, 2.45) is 0 Å². The average Bonchev–Trinajstić information content (AvgIpc) is 3.25. The molecule has 6 rings (SSSR count). The fraction of sp³-hybridized carbons (Fsp3) is 0.0400. The third kappa shape index (κ3) is 2.32. The maximum atomic E-state index is 6.12. The van der Waals surface area contributed by atoms with Crippen molar-refractivity contribution in [1.29, 1.82) is 0 Å². The van der Waals surface area contributed by atoms with Crippen LogP contribution in [-0.2, 0) is 0 Å². The smallest absolute Gasteiger partial charge is 0.137 e. The normalized spacial score (nSPS) is 11.9. The molecule has 0 saturated heterocycles. The molecule has 2 aromatic heterocycles. The Bertz CT molecular complexity index is 1530. The van der Waals surface area contributed by atoms with Crippen LogP contribution in [-0.4, -0.2) is 0 Å². The van der Waals surface area contributed by atoms with Crippen molar-refractivity contribution in [1.82, 2.24) is 0 Å². The van der Waals surface area contributed by atoms with Crippen LogP contribution in [0.2, 0.25) is 0 Å². The highest BCUT2D eigenvalue weighted by Gasteiger charge is 2.13. The van der Waals surface area contributed by atoms with Crippen LogP contribution in [0.1, 0.15) is 5.56 Å². The Morgan fingerprint density at radius 2 is 1.39 bits per heavy atom. The summed E-state index contributed by atoms with van der Waals surface area (Å²) in [5, 5.41) is 4.67. The van der Waals surface area contributed by atoms with Gasteiger partial charge in [-0.1, -0.05) is 35.9 Å². The monoisotopic (exact) mass is 474 g/mol. The van der Waals surface area contributed by atoms with Gasteiger partial charge >= 0.3 is 0 Å². The van der Waals surface area contributed by atoms with Crippen molar-refractivity contribution in [3.63, 3.8) is 0 Å². The van der Waals surface area contributed by atoms with Gasteiger partial charge in [0.1, 0.15) is 22.3 Å². The zero-order chi connectivity index (χ0) is 18.8. The predicted octanol–water partition coefficient (Wildman–Crippen LogP) is 8.07. The van der Waals surface area contributed by atoms with Crippen molar-refractivity contribution in [3.8, 4) is 11.1 Å². The Morgan fingerprint density at radius 1 is 0.607 bits per heavy atom. The lowest BCUT2D eigenvalue weighted by Gasteiger charge is -2.04. The molecule has 4 aromatic carbocycles. The van der Waals surface area contributed by atoms with Gasteiger partial charge in [0, 0.05) is 25.1 Å². The summed E-state index contributed by atoms with van der Waals surface area (Å²) < 4.78 is 13.4. The van der Waals surface area contributed by atoms with Gasteiger partial charge in [-0.15, -0.1) is 0 Å². The van der Waals surface area contributed by atoms with E-state index in [1.54, 1.807) is 0 Å². The molecule has 28 heavy (non-hydrogen) atoms. The Labute approximate surface area is 174 Å². The molecule has 0 aliphatic heterocycles. The van der Waals surface area contributed by atoms with Gasteiger partial charge in [0.15, 0.2) is 0 Å². The lowest BCUT2D eigenvalue weighted by Crippen LogP contribution is -1.81. The first kappa shape index (κ1) is 16.2. The lowest BCUT2D eigenvalue weighted by atomic mass is 10.0. The molecule has 2 heterocycles. The largest absolute Gasteiger partial charge is 0.456 e. The van der Waals surface area contributed by atoms with E-state index in [0.717, 1.165) is 44.2 Å². The van der Waals surface area contributed by atoms with Crippen LogP contribution in [0.15, 0.2) is 81.6 Å². The maximum Gasteiger partial charge on any atom is 0.137 e. The maximum absolute atomic E-state index is 6.12. The topological polar surface area (TPSA) is 26.3 Å². The molecule has 0 amide bonds. The van der Waals surface area contributed by atoms with Crippen molar-refractivity contribution in [2.75, 3.05) is 0 Å². The van der Waals surface area contributed by atoms with Crippen LogP contribution < -0.4 is 0 Å². The minimum Gasteiger partial charge on any atom is -0.456 e. The zero-order valence-electron chi connectivity index (χ0n) is 15.1. The Balaban J connectivity index is 1.58. The summed E-state index contributed by atoms with van der Waals surface area (Å²) in [5.41, 5.74) is 7.19. The molecule has 0 aliphatic carbocycles. The van der Waals surface area contributed by atoms with Crippen molar-refractivity contribution >= 4 is 66.5 Å². The summed E-state index contributed by atoms with van der Waals surface area (Å²) in [4.78, 5) is 0. The number of para-hydroxylation sites is 1. The van der Waals surface area contributed by atoms with E-state index in [0.29, 0.717) is 0 Å². The van der Waals surface area contributed by atoms with Gasteiger partial charge < -0.3 is 8.83 Å². The second kappa shape index (κ2) is 5.85. The van der Waals surface area contributed by atoms with E-state index in [1.165, 1.54) is 19.9 Å². The molecule has 0 aliphatic rings. The Morgan fingerprint density at radius 3 is 2.32 bits per heavy atom. The molecule has 0 bridgehead atoms. The summed E-state index contributed by atoms with van der Waals surface area (Å²) in [7, 11) is 0. The van der Waals surface area contributed by atoms with Crippen molar-refractivity contribution in [3.05, 3.63) is 81.9 Å². The molecule has 0 spiro atoms. The molecule has 0 radical (unpaired) electrons. The zero-order valence-corrected chi connectivity index (χ0v) is 17.3. The SMILES string of the molecule is Cc1ccc2oc3cc(-c4cc(I)c5c(c4)oc4ccccc45)ccc3c2c1. The van der Waals surface area contributed by atoms with Gasteiger partial charge in [-0.25, -0.2) is 0 Å². The third-order valence-electron chi connectivity index (χ3n) is 5.39. The van der Waals surface area contributed by atoms with E-state index in [-0.39, 0.29) is 0 Å². The van der Waals surface area contributed by atoms with Gasteiger partial charge in [0.25, 0.3) is 0 Å². The highest BCUT2D eigenvalue weighted by atomic mass is 127. The quantitative estimate of drug-likeness (QED) is 0.225. The number of furan rings is 2. The number of hydrogen-bond donors (Lipinski definition) is 0. The van der Waals surface area contributed by atoms with Crippen LogP contribution in [0.5, 0.6) is 0 Å². The van der Waals surface area contributed by atoms with E-state index in [4.69, 9.17) is 8.83 Å². The fourth-order valence-electron chi connectivity index (χ4n) is 4.04. The van der Waals surface area contributed by atoms with E-state index in [1.807, 2.05) is 18.2 Å². The number of fused-ring (bicyclic) bond motifs is 6. The van der Waals surface area contributed by atoms with E-state index in [2.05, 4.69) is 84.1 Å². The summed E-state index contributed by atoms with van der Waals surface area (Å²) in [5.74, 6) is 0. The first-order chi connectivity index (χ1) is 13.7. The van der Waals surface area contributed by atoms with Crippen LogP contribution in [0.25, 0.3) is 55.0 Å². The molecule has 0 unspecified atom stereocenters. The standard InChI is InChI=1S/C25H15IO2/c1-14-6-9-22-19(10-14)17-8-7-15(12-23(17)27-22)16-11-20(26)25-18-4-2-3-5-21(18)28-24(25)13-16/h2-13H,1H3. The lowest BCUT2D eigenvalue weighted by molar-refractivity contribution is 0.668. The Kier molecular flexibility index (Phi) is 3.38. The summed E-state index contributed by atoms with van der Waals surface area (Å²) in [6.45, 7) is 2.11. The molecular formula is C25H15IO2. The van der Waals surface area contributed by atoms with E-state index >= 15 is 0 Å². The molecule has 0 N–H and O–H groups in total. The first-order valence-corrected chi connectivity index (χ1v) is 10.3. The highest BCUT2D eigenvalue weighted by Crippen LogP contribution is 2.37. The van der Waals surface area contributed by atoms with Gasteiger partial charge in [-0.05, 0) is 83.1 Å². The number of hydrogen-bond acceptors (Lipinski definition) is 2. The highest BCUT2D eigenvalue weighted by molar-refractivity contribution is 14.1. The molecule has 0 fully saturated rings. The van der Waals surface area contributed by atoms with E-state index in [9.17, 15) is 0 Å². The fourth-order valence-corrected chi connectivity index (χ4v) is 4.93. The second-order valence-electron chi connectivity index (χ2n) is 7.24. The molecular weight excluding hydrogens is 459 g/mol. The van der Waals surface area contributed by atoms with Crippen LogP contribution >= 0.6 is 22.6 Å². The number of halogens is 1. The minimum atomic E-state index is 0.915. The second-order valence-corrected chi connectivity index (χ2v) is 8.40. The van der Waals surface area contributed by atoms with Gasteiger partial charge in [0.05, 0.1) is 0 Å². The van der Waals surface area contributed by atoms with Gasteiger partial charge in [0.2, 0.25) is 0 Å². The molecule has 0 atom stereocenters. The summed E-state index contributed by atoms with van der Waals surface area (Å²) in [6, 6.07) is 25.3. The number of benzene rings is 4. The molecule has 0 saturated carbocycles. The summed E-state index contributed by atoms with van der Waals surface area (Å²) in [6.07, 6.45) is 0.